The van der Waals surface area contributed by atoms with Gasteiger partial charge in [-0.15, -0.1) is 0 Å². The number of ether oxygens (including phenoxy) is 1. The smallest absolute Gasteiger partial charge is 0.347 e. The summed E-state index contributed by atoms with van der Waals surface area (Å²) in [4.78, 5) is 13.0. The van der Waals surface area contributed by atoms with Crippen molar-refractivity contribution in [1.82, 2.24) is 0 Å². The van der Waals surface area contributed by atoms with Crippen molar-refractivity contribution in [1.29, 1.82) is 0 Å². The number of hydrogen-bond acceptors (Lipinski definition) is 7. The number of esters is 1. The van der Waals surface area contributed by atoms with E-state index in [0.29, 0.717) is 17.7 Å². The Kier molecular flexibility index (Phi) is 8.94. The quantitative estimate of drug-likeness (QED) is 0.301. The Morgan fingerprint density at radius 3 is 1.94 bits per heavy atom. The number of rotatable bonds is 6. The highest BCUT2D eigenvalue weighted by Gasteiger charge is 2.43. The molecule has 0 bridgehead atoms. The van der Waals surface area contributed by atoms with E-state index in [4.69, 9.17) is 4.74 Å². The van der Waals surface area contributed by atoms with E-state index in [2.05, 4.69) is 18.3 Å². The zero-order valence-corrected chi connectivity index (χ0v) is 19.5. The third kappa shape index (κ3) is 6.85. The third-order valence-corrected chi connectivity index (χ3v) is 6.21. The van der Waals surface area contributed by atoms with Crippen molar-refractivity contribution in [3.63, 3.8) is 0 Å². The molecule has 1 N–H and O–H groups in total. The summed E-state index contributed by atoms with van der Waals surface area (Å²) < 4.78 is 37.6. The molecule has 1 aliphatic rings. The van der Waals surface area contributed by atoms with Gasteiger partial charge in [0.1, 0.15) is 12.6 Å². The van der Waals surface area contributed by atoms with E-state index in [0.717, 1.165) is 31.0 Å². The molecule has 32 heavy (non-hydrogen) atoms. The minimum Gasteiger partial charge on any atom is -0.726 e. The van der Waals surface area contributed by atoms with Crippen LogP contribution in [0, 0.1) is 0 Å². The number of quaternary nitrogens is 1. The fraction of sp³-hybridized carbons (Fsp3) is 0.435. The van der Waals surface area contributed by atoms with Crippen molar-refractivity contribution in [2.45, 2.75) is 30.9 Å². The second-order valence-electron chi connectivity index (χ2n) is 8.27. The molecule has 0 radical (unpaired) electrons. The summed E-state index contributed by atoms with van der Waals surface area (Å²) in [5, 5.41) is 11.4. The molecule has 1 atom stereocenters. The normalized spacial score (nSPS) is 18.2. The van der Waals surface area contributed by atoms with Crippen LogP contribution in [0.15, 0.2) is 60.7 Å². The SMILES string of the molecule is COS(=O)(=O)[O-].C[N+]1(C)CCCC[C@@H]1COC(=O)C(O)(c1ccccc1)c1ccccc1. The minimum atomic E-state index is -4.41. The van der Waals surface area contributed by atoms with Gasteiger partial charge in [0.15, 0.2) is 0 Å². The van der Waals surface area contributed by atoms with Crippen molar-refractivity contribution < 1.29 is 36.3 Å². The Labute approximate surface area is 189 Å². The van der Waals surface area contributed by atoms with E-state index >= 15 is 0 Å². The van der Waals surface area contributed by atoms with Gasteiger partial charge in [-0.1, -0.05) is 60.7 Å². The molecule has 1 aliphatic heterocycles. The summed E-state index contributed by atoms with van der Waals surface area (Å²) in [6, 6.07) is 18.3. The first-order valence-electron chi connectivity index (χ1n) is 10.4. The molecule has 1 saturated heterocycles. The lowest BCUT2D eigenvalue weighted by molar-refractivity contribution is -0.920. The summed E-state index contributed by atoms with van der Waals surface area (Å²) in [6.45, 7) is 1.41. The van der Waals surface area contributed by atoms with E-state index in [9.17, 15) is 22.9 Å². The van der Waals surface area contributed by atoms with Crippen molar-refractivity contribution >= 4 is 16.4 Å². The van der Waals surface area contributed by atoms with Gasteiger partial charge in [0, 0.05) is 6.42 Å². The molecular formula is C23H31NO7S. The molecule has 8 nitrogen and oxygen atoms in total. The number of likely N-dealkylation sites (N-methyl/N-ethyl adjacent to an activating group) is 1. The number of piperidine rings is 1. The molecule has 1 fully saturated rings. The summed E-state index contributed by atoms with van der Waals surface area (Å²) in [5.74, 6) is -0.611. The van der Waals surface area contributed by atoms with Gasteiger partial charge < -0.3 is 18.9 Å². The first-order chi connectivity index (χ1) is 15.0. The van der Waals surface area contributed by atoms with Crippen LogP contribution >= 0.6 is 0 Å². The number of carbonyl (C=O) groups is 1. The van der Waals surface area contributed by atoms with Crippen LogP contribution in [0.25, 0.3) is 0 Å². The standard InChI is InChI=1S/C22H28NO3.CH4O4S/c1-23(2)16-10-9-15-20(23)17-26-21(24)22(25,18-11-5-3-6-12-18)19-13-7-4-8-14-19;1-5-6(2,3)4/h3-8,11-14,20,25H,9-10,15-17H2,1-2H3;1H3,(H,2,3,4)/q+1;/p-1/t20-;/m1./s1. The lowest BCUT2D eigenvalue weighted by atomic mass is 9.86. The van der Waals surface area contributed by atoms with Crippen LogP contribution in [0.1, 0.15) is 30.4 Å². The van der Waals surface area contributed by atoms with Crippen LogP contribution in [0.2, 0.25) is 0 Å². The van der Waals surface area contributed by atoms with Crippen LogP contribution in [0.5, 0.6) is 0 Å². The van der Waals surface area contributed by atoms with Gasteiger partial charge in [-0.05, 0) is 24.0 Å². The van der Waals surface area contributed by atoms with Gasteiger partial charge in [-0.3, -0.25) is 4.18 Å². The average molecular weight is 466 g/mol. The van der Waals surface area contributed by atoms with Crippen molar-refractivity contribution in [2.24, 2.45) is 0 Å². The Balaban J connectivity index is 0.000000534. The van der Waals surface area contributed by atoms with Gasteiger partial charge in [0.2, 0.25) is 16.0 Å². The zero-order chi connectivity index (χ0) is 23.8. The molecule has 0 saturated carbocycles. The largest absolute Gasteiger partial charge is 0.726 e. The van der Waals surface area contributed by atoms with Gasteiger partial charge in [-0.2, -0.15) is 0 Å². The van der Waals surface area contributed by atoms with E-state index in [1.165, 1.54) is 6.42 Å². The summed E-state index contributed by atoms with van der Waals surface area (Å²) in [6.07, 6.45) is 3.40. The fourth-order valence-electron chi connectivity index (χ4n) is 3.75. The zero-order valence-electron chi connectivity index (χ0n) is 18.6. The van der Waals surface area contributed by atoms with Crippen molar-refractivity contribution in [3.8, 4) is 0 Å². The topological polar surface area (TPSA) is 113 Å². The number of nitrogens with zero attached hydrogens (tertiary/aromatic N) is 1. The Bertz CT molecular complexity index is 923. The number of aliphatic hydroxyl groups is 1. The van der Waals surface area contributed by atoms with Crippen LogP contribution in [-0.2, 0) is 29.7 Å². The first kappa shape index (κ1) is 26.0. The highest BCUT2D eigenvalue weighted by atomic mass is 32.3. The maximum absolute atomic E-state index is 13.0. The molecule has 2 aromatic rings. The van der Waals surface area contributed by atoms with Crippen molar-refractivity contribution in [3.05, 3.63) is 71.8 Å². The predicted octanol–water partition coefficient (Wildman–Crippen LogP) is 2.19. The van der Waals surface area contributed by atoms with Gasteiger partial charge in [-0.25, -0.2) is 13.2 Å². The molecule has 0 unspecified atom stereocenters. The second-order valence-corrected chi connectivity index (χ2v) is 9.42. The van der Waals surface area contributed by atoms with Crippen LogP contribution in [0.3, 0.4) is 0 Å². The summed E-state index contributed by atoms with van der Waals surface area (Å²) in [7, 11) is 0.753. The number of carbonyl (C=O) groups excluding carboxylic acids is 1. The molecule has 0 amide bonds. The molecule has 3 rings (SSSR count). The Morgan fingerprint density at radius 1 is 1.06 bits per heavy atom. The van der Waals surface area contributed by atoms with Crippen LogP contribution < -0.4 is 0 Å². The predicted molar refractivity (Wildman–Crippen MR) is 118 cm³/mol. The third-order valence-electron chi connectivity index (χ3n) is 5.80. The van der Waals surface area contributed by atoms with Crippen LogP contribution in [-0.4, -0.2) is 68.9 Å². The van der Waals surface area contributed by atoms with Crippen LogP contribution in [0.4, 0.5) is 0 Å². The van der Waals surface area contributed by atoms with E-state index < -0.39 is 22.0 Å². The molecule has 176 valence electrons. The van der Waals surface area contributed by atoms with Gasteiger partial charge in [0.25, 0.3) is 0 Å². The molecule has 9 heteroatoms. The monoisotopic (exact) mass is 465 g/mol. The maximum Gasteiger partial charge on any atom is 0.347 e. The molecule has 1 heterocycles. The molecule has 0 aliphatic carbocycles. The number of benzene rings is 2. The fourth-order valence-corrected chi connectivity index (χ4v) is 3.75. The Morgan fingerprint density at radius 2 is 1.53 bits per heavy atom. The second kappa shape index (κ2) is 11.0. The highest BCUT2D eigenvalue weighted by Crippen LogP contribution is 2.31. The lowest BCUT2D eigenvalue weighted by Gasteiger charge is -2.41. The molecular weight excluding hydrogens is 434 g/mol. The molecule has 0 aromatic heterocycles. The number of likely N-dealkylation sites (tertiary alicyclic amines) is 1. The maximum atomic E-state index is 13.0. The molecule has 2 aromatic carbocycles. The van der Waals surface area contributed by atoms with E-state index in [1.54, 1.807) is 24.3 Å². The summed E-state index contributed by atoms with van der Waals surface area (Å²) in [5.41, 5.74) is -0.754. The molecule has 0 spiro atoms. The van der Waals surface area contributed by atoms with E-state index in [1.807, 2.05) is 36.4 Å². The van der Waals surface area contributed by atoms with Gasteiger partial charge in [0.05, 0.1) is 27.7 Å². The van der Waals surface area contributed by atoms with Gasteiger partial charge >= 0.3 is 5.97 Å². The Hall–Kier alpha value is -2.30. The highest BCUT2D eigenvalue weighted by molar-refractivity contribution is 7.80. The van der Waals surface area contributed by atoms with Crippen molar-refractivity contribution in [2.75, 3.05) is 34.4 Å². The first-order valence-corrected chi connectivity index (χ1v) is 11.7. The minimum absolute atomic E-state index is 0.267. The summed E-state index contributed by atoms with van der Waals surface area (Å²) >= 11 is 0. The lowest BCUT2D eigenvalue weighted by Crippen LogP contribution is -2.54. The number of hydrogen-bond donors (Lipinski definition) is 1. The average Bonchev–Trinajstić information content (AvgIpc) is 2.78. The van der Waals surface area contributed by atoms with E-state index in [-0.39, 0.29) is 6.04 Å².